The smallest absolute Gasteiger partial charge is 0.339 e. The number of rotatable bonds is 5. The van der Waals surface area contributed by atoms with E-state index in [0.29, 0.717) is 24.2 Å². The molecular formula is C26H26O10. The van der Waals surface area contributed by atoms with E-state index in [0.717, 1.165) is 17.7 Å². The second kappa shape index (κ2) is 11.3. The van der Waals surface area contributed by atoms with E-state index in [1.165, 1.54) is 42.5 Å². The SMILES string of the molecule is O=c1cc(O)cc(/C=C/c2ccc(O)c(O)c2)o1.O=c1cc(O)cc(CCc2ccc(O)c(O)c2)o1.[HH].[HH]. The zero-order valence-corrected chi connectivity index (χ0v) is 18.7. The Balaban J connectivity index is 0.000000361. The number of hydrogen-bond donors (Lipinski definition) is 6. The highest BCUT2D eigenvalue weighted by molar-refractivity contribution is 5.69. The number of phenolic OH excluding ortho intramolecular Hbond substituents is 4. The first-order valence-electron chi connectivity index (χ1n) is 10.5. The lowest BCUT2D eigenvalue weighted by Gasteiger charge is -2.03. The topological polar surface area (TPSA) is 182 Å². The molecule has 0 atom stereocenters. The number of benzene rings is 2. The zero-order valence-electron chi connectivity index (χ0n) is 18.7. The van der Waals surface area contributed by atoms with Crippen LogP contribution in [0.3, 0.4) is 0 Å². The van der Waals surface area contributed by atoms with Crippen LogP contribution in [0.2, 0.25) is 0 Å². The summed E-state index contributed by atoms with van der Waals surface area (Å²) in [5.41, 5.74) is 0.148. The van der Waals surface area contributed by atoms with Crippen molar-refractivity contribution in [3.8, 4) is 34.5 Å². The summed E-state index contributed by atoms with van der Waals surface area (Å²) < 4.78 is 9.73. The molecule has 4 rings (SSSR count). The van der Waals surface area contributed by atoms with Gasteiger partial charge in [-0.15, -0.1) is 0 Å². The van der Waals surface area contributed by atoms with Crippen molar-refractivity contribution < 1.29 is 42.3 Å². The Kier molecular flexibility index (Phi) is 8.03. The molecule has 6 N–H and O–H groups in total. The van der Waals surface area contributed by atoms with Crippen LogP contribution in [0.25, 0.3) is 12.2 Å². The Bertz CT molecular complexity index is 1510. The van der Waals surface area contributed by atoms with Gasteiger partial charge in [0.2, 0.25) is 0 Å². The van der Waals surface area contributed by atoms with Crippen molar-refractivity contribution in [1.82, 2.24) is 0 Å². The molecule has 2 aromatic carbocycles. The molecule has 0 saturated heterocycles. The number of aryl methyl sites for hydroxylation is 2. The maximum Gasteiger partial charge on any atom is 0.339 e. The summed E-state index contributed by atoms with van der Waals surface area (Å²) in [5.74, 6) is -0.576. The van der Waals surface area contributed by atoms with E-state index in [4.69, 9.17) is 19.0 Å². The monoisotopic (exact) mass is 498 g/mol. The van der Waals surface area contributed by atoms with Crippen molar-refractivity contribution in [3.63, 3.8) is 0 Å². The molecule has 0 bridgehead atoms. The molecule has 10 heteroatoms. The van der Waals surface area contributed by atoms with Gasteiger partial charge < -0.3 is 39.5 Å². The first-order chi connectivity index (χ1) is 17.1. The van der Waals surface area contributed by atoms with E-state index in [9.17, 15) is 30.0 Å². The Morgan fingerprint density at radius 1 is 0.611 bits per heavy atom. The van der Waals surface area contributed by atoms with Crippen LogP contribution >= 0.6 is 0 Å². The van der Waals surface area contributed by atoms with Crippen LogP contribution in [0, 0.1) is 0 Å². The lowest BCUT2D eigenvalue weighted by atomic mass is 10.1. The van der Waals surface area contributed by atoms with Gasteiger partial charge in [0, 0.05) is 21.4 Å². The molecule has 2 heterocycles. The molecule has 0 saturated carbocycles. The Hall–Kier alpha value is -5.12. The third kappa shape index (κ3) is 7.45. The quantitative estimate of drug-likeness (QED) is 0.220. The molecule has 0 amide bonds. The normalized spacial score (nSPS) is 10.7. The lowest BCUT2D eigenvalue weighted by molar-refractivity contribution is 0.402. The molecule has 0 aliphatic rings. The van der Waals surface area contributed by atoms with E-state index in [2.05, 4.69) is 0 Å². The van der Waals surface area contributed by atoms with Crippen molar-refractivity contribution >= 4 is 12.2 Å². The number of phenols is 4. The van der Waals surface area contributed by atoms with Gasteiger partial charge in [0.1, 0.15) is 23.0 Å². The van der Waals surface area contributed by atoms with Gasteiger partial charge in [0.15, 0.2) is 23.0 Å². The highest BCUT2D eigenvalue weighted by atomic mass is 16.4. The fourth-order valence-corrected chi connectivity index (χ4v) is 3.02. The Morgan fingerprint density at radius 2 is 1.22 bits per heavy atom. The minimum Gasteiger partial charge on any atom is -0.508 e. The van der Waals surface area contributed by atoms with Crippen molar-refractivity contribution in [2.75, 3.05) is 0 Å². The summed E-state index contributed by atoms with van der Waals surface area (Å²) in [5, 5.41) is 55.3. The van der Waals surface area contributed by atoms with E-state index in [-0.39, 0.29) is 43.1 Å². The van der Waals surface area contributed by atoms with Crippen LogP contribution < -0.4 is 11.3 Å². The summed E-state index contributed by atoms with van der Waals surface area (Å²) in [7, 11) is 0. The highest BCUT2D eigenvalue weighted by Crippen LogP contribution is 2.26. The molecule has 0 radical (unpaired) electrons. The fourth-order valence-electron chi connectivity index (χ4n) is 3.02. The summed E-state index contributed by atoms with van der Waals surface area (Å²) in [6.07, 6.45) is 3.96. The Morgan fingerprint density at radius 3 is 1.83 bits per heavy atom. The molecule has 0 fully saturated rings. The summed E-state index contributed by atoms with van der Waals surface area (Å²) in [6, 6.07) is 13.4. The van der Waals surface area contributed by atoms with Crippen LogP contribution in [-0.4, -0.2) is 30.6 Å². The van der Waals surface area contributed by atoms with Crippen molar-refractivity contribution in [2.45, 2.75) is 12.8 Å². The molecule has 190 valence electrons. The van der Waals surface area contributed by atoms with E-state index >= 15 is 0 Å². The van der Waals surface area contributed by atoms with Crippen LogP contribution in [0.5, 0.6) is 34.5 Å². The van der Waals surface area contributed by atoms with Gasteiger partial charge in [-0.05, 0) is 47.9 Å². The zero-order chi connectivity index (χ0) is 26.2. The maximum absolute atomic E-state index is 11.0. The summed E-state index contributed by atoms with van der Waals surface area (Å²) in [6.45, 7) is 0. The predicted octanol–water partition coefficient (Wildman–Crippen LogP) is 3.96. The van der Waals surface area contributed by atoms with Crippen LogP contribution in [0.1, 0.15) is 25.5 Å². The highest BCUT2D eigenvalue weighted by Gasteiger charge is 2.05. The van der Waals surface area contributed by atoms with Crippen LogP contribution in [0.4, 0.5) is 0 Å². The third-order valence-electron chi connectivity index (χ3n) is 4.72. The first kappa shape index (κ1) is 25.5. The maximum atomic E-state index is 11.0. The van der Waals surface area contributed by atoms with E-state index in [1.807, 2.05) is 0 Å². The predicted molar refractivity (Wildman–Crippen MR) is 133 cm³/mol. The number of aromatic hydroxyl groups is 6. The summed E-state index contributed by atoms with van der Waals surface area (Å²) in [4.78, 5) is 22.0. The third-order valence-corrected chi connectivity index (χ3v) is 4.72. The summed E-state index contributed by atoms with van der Waals surface area (Å²) >= 11 is 0. The second-order valence-corrected chi connectivity index (χ2v) is 7.54. The minimum atomic E-state index is -0.650. The number of hydrogen-bond acceptors (Lipinski definition) is 10. The fraction of sp³-hybridized carbons (Fsp3) is 0.0769. The molecule has 0 aliphatic carbocycles. The van der Waals surface area contributed by atoms with Gasteiger partial charge in [0.25, 0.3) is 0 Å². The lowest BCUT2D eigenvalue weighted by Crippen LogP contribution is -2.00. The van der Waals surface area contributed by atoms with Gasteiger partial charge >= 0.3 is 11.3 Å². The van der Waals surface area contributed by atoms with E-state index < -0.39 is 11.3 Å². The molecule has 4 aromatic rings. The van der Waals surface area contributed by atoms with E-state index in [1.54, 1.807) is 18.2 Å². The molecule has 0 unspecified atom stereocenters. The van der Waals surface area contributed by atoms with Gasteiger partial charge in [-0.2, -0.15) is 0 Å². The minimum absolute atomic E-state index is 0. The Labute approximate surface area is 206 Å². The van der Waals surface area contributed by atoms with Gasteiger partial charge in [0.05, 0.1) is 12.1 Å². The molecule has 36 heavy (non-hydrogen) atoms. The average molecular weight is 498 g/mol. The van der Waals surface area contributed by atoms with Crippen LogP contribution in [-0.2, 0) is 12.8 Å². The van der Waals surface area contributed by atoms with Crippen molar-refractivity contribution in [2.24, 2.45) is 0 Å². The van der Waals surface area contributed by atoms with Crippen molar-refractivity contribution in [3.05, 3.63) is 104 Å². The largest absolute Gasteiger partial charge is 0.508 e. The molecule has 0 spiro atoms. The molecule has 2 aromatic heterocycles. The van der Waals surface area contributed by atoms with Gasteiger partial charge in [-0.1, -0.05) is 18.2 Å². The second-order valence-electron chi connectivity index (χ2n) is 7.54. The standard InChI is InChI=1S/C13H12O5.C13H10O5.2H2/c2*14-9-6-10(18-13(17)7-9)3-1-8-2-4-11(15)12(16)5-8;;/h2,4-7,14-16H,1,3H2;1-7,14-16H;2*1H/b;3-1+;;. The molecular weight excluding hydrogens is 472 g/mol. The first-order valence-corrected chi connectivity index (χ1v) is 10.5. The molecule has 0 aliphatic heterocycles. The van der Waals surface area contributed by atoms with Gasteiger partial charge in [-0.25, -0.2) is 9.59 Å². The average Bonchev–Trinajstić information content (AvgIpc) is 2.80. The van der Waals surface area contributed by atoms with Crippen molar-refractivity contribution in [1.29, 1.82) is 0 Å². The van der Waals surface area contributed by atoms with Crippen LogP contribution in [0.15, 0.2) is 79.1 Å². The van der Waals surface area contributed by atoms with Gasteiger partial charge in [-0.3, -0.25) is 0 Å². The molecule has 10 nitrogen and oxygen atoms in total.